The third-order valence-electron chi connectivity index (χ3n) is 11.0. The lowest BCUT2D eigenvalue weighted by Crippen LogP contribution is -2.34. The van der Waals surface area contributed by atoms with Crippen LogP contribution >= 0.6 is 0 Å². The standard InChI is InChI=1S/C43H45N3O8/c1-45-14-11-26-19-35(48-3)38-22-31(26)33(45)17-25-7-9-30(10-8-25)53-37-21-29(32(23-36(37)49-4)44-43(47)28-13-16-52-24-28)18-34-40-27(12-15-46(34)2)20-39(50-5)41(51-6)42(40)54-38/h7-10,13,16,19-24,33-34H,11-12,14-15,17-18H2,1-6H3,(H,44,47)/t33-,34-/m0/s1. The van der Waals surface area contributed by atoms with Crippen molar-refractivity contribution in [3.63, 3.8) is 0 Å². The second kappa shape index (κ2) is 14.6. The third kappa shape index (κ3) is 6.47. The molecule has 54 heavy (non-hydrogen) atoms. The first-order valence-corrected chi connectivity index (χ1v) is 18.2. The molecule has 11 nitrogen and oxygen atoms in total. The maximum absolute atomic E-state index is 13.5. The number of fused-ring (bicyclic) bond motifs is 2. The molecular formula is C43H45N3O8. The Bertz CT molecular complexity index is 2180. The first kappa shape index (κ1) is 35.4. The van der Waals surface area contributed by atoms with Crippen molar-refractivity contribution in [1.82, 2.24) is 9.80 Å². The Morgan fingerprint density at radius 3 is 2.11 bits per heavy atom. The highest BCUT2D eigenvalue weighted by molar-refractivity contribution is 6.04. The van der Waals surface area contributed by atoms with Gasteiger partial charge in [-0.1, -0.05) is 12.1 Å². The number of amides is 1. The van der Waals surface area contributed by atoms with E-state index < -0.39 is 0 Å². The first-order chi connectivity index (χ1) is 26.3. The van der Waals surface area contributed by atoms with Gasteiger partial charge in [0.25, 0.3) is 5.91 Å². The van der Waals surface area contributed by atoms with Gasteiger partial charge in [0.2, 0.25) is 5.75 Å². The molecule has 5 aromatic rings. The number of nitrogens with zero attached hydrogens (tertiary/aromatic N) is 2. The molecule has 4 aliphatic heterocycles. The Balaban J connectivity index is 1.36. The molecule has 1 N–H and O–H groups in total. The Morgan fingerprint density at radius 1 is 0.722 bits per heavy atom. The summed E-state index contributed by atoms with van der Waals surface area (Å²) >= 11 is 0. The minimum absolute atomic E-state index is 0.111. The van der Waals surface area contributed by atoms with Crippen molar-refractivity contribution in [3.8, 4) is 46.0 Å². The van der Waals surface area contributed by atoms with E-state index >= 15 is 0 Å². The summed E-state index contributed by atoms with van der Waals surface area (Å²) in [6, 6.07) is 19.8. The molecule has 4 aliphatic rings. The maximum atomic E-state index is 13.5. The number of rotatable bonds is 6. The molecule has 0 aliphatic carbocycles. The summed E-state index contributed by atoms with van der Waals surface area (Å²) < 4.78 is 42.7. The Morgan fingerprint density at radius 2 is 1.41 bits per heavy atom. The molecule has 4 aromatic carbocycles. The molecule has 1 aromatic heterocycles. The van der Waals surface area contributed by atoms with E-state index in [0.29, 0.717) is 63.7 Å². The van der Waals surface area contributed by atoms with Crippen molar-refractivity contribution < 1.29 is 37.6 Å². The lowest BCUT2D eigenvalue weighted by Gasteiger charge is -2.37. The lowest BCUT2D eigenvalue weighted by molar-refractivity contribution is 0.102. The van der Waals surface area contributed by atoms with Gasteiger partial charge in [-0.25, -0.2) is 0 Å². The van der Waals surface area contributed by atoms with E-state index in [1.807, 2.05) is 24.3 Å². The highest BCUT2D eigenvalue weighted by atomic mass is 16.5. The van der Waals surface area contributed by atoms with E-state index in [-0.39, 0.29) is 18.0 Å². The molecule has 11 heteroatoms. The Labute approximate surface area is 315 Å². The van der Waals surface area contributed by atoms with Crippen LogP contribution in [0.2, 0.25) is 0 Å². The number of nitrogens with one attached hydrogen (secondary N) is 1. The second-order valence-electron chi connectivity index (χ2n) is 14.1. The summed E-state index contributed by atoms with van der Waals surface area (Å²) in [7, 11) is 10.8. The van der Waals surface area contributed by atoms with Crippen molar-refractivity contribution >= 4 is 11.6 Å². The highest BCUT2D eigenvalue weighted by Crippen LogP contribution is 2.52. The van der Waals surface area contributed by atoms with Crippen LogP contribution in [0.25, 0.3) is 0 Å². The molecule has 0 radical (unpaired) electrons. The molecule has 9 rings (SSSR count). The van der Waals surface area contributed by atoms with Gasteiger partial charge in [0.05, 0.1) is 40.3 Å². The number of ether oxygens (including phenoxy) is 6. The lowest BCUT2D eigenvalue weighted by atomic mass is 9.86. The third-order valence-corrected chi connectivity index (χ3v) is 11.0. The van der Waals surface area contributed by atoms with Gasteiger partial charge in [-0.3, -0.25) is 14.6 Å². The number of furan rings is 1. The van der Waals surface area contributed by atoms with Crippen LogP contribution < -0.4 is 33.7 Å². The number of hydrogen-bond donors (Lipinski definition) is 1. The SMILES string of the molecule is COc1cc(NC(=O)c2ccoc2)c2cc1Oc1ccc(cc1)C[C@H]1c3cc(c(OC)cc3CCN1C)Oc1c(OC)c(OC)cc3c1[C@H](C2)N(C)CC3. The van der Waals surface area contributed by atoms with E-state index in [1.54, 1.807) is 34.5 Å². The summed E-state index contributed by atoms with van der Waals surface area (Å²) in [5, 5.41) is 3.11. The molecule has 6 bridgehead atoms. The zero-order valence-electron chi connectivity index (χ0n) is 31.5. The van der Waals surface area contributed by atoms with Gasteiger partial charge in [-0.2, -0.15) is 0 Å². The molecule has 0 spiro atoms. The van der Waals surface area contributed by atoms with Crippen LogP contribution in [-0.4, -0.2) is 71.3 Å². The fraction of sp³-hybridized carbons (Fsp3) is 0.326. The minimum atomic E-state index is -0.304. The van der Waals surface area contributed by atoms with Crippen molar-refractivity contribution in [1.29, 1.82) is 0 Å². The van der Waals surface area contributed by atoms with E-state index in [4.69, 9.17) is 32.8 Å². The average molecular weight is 732 g/mol. The van der Waals surface area contributed by atoms with E-state index in [9.17, 15) is 4.79 Å². The van der Waals surface area contributed by atoms with Crippen LogP contribution in [0.15, 0.2) is 77.6 Å². The number of anilines is 1. The predicted octanol–water partition coefficient (Wildman–Crippen LogP) is 8.01. The quantitative estimate of drug-likeness (QED) is 0.185. The molecule has 1 amide bonds. The fourth-order valence-electron chi connectivity index (χ4n) is 8.05. The molecular weight excluding hydrogens is 686 g/mol. The van der Waals surface area contributed by atoms with Crippen molar-refractivity contribution in [2.75, 3.05) is 60.9 Å². The topological polar surface area (TPSA) is 104 Å². The summed E-state index contributed by atoms with van der Waals surface area (Å²) in [5.41, 5.74) is 7.49. The van der Waals surface area contributed by atoms with Crippen molar-refractivity contribution in [2.24, 2.45) is 0 Å². The number of methoxy groups -OCH3 is 4. The van der Waals surface area contributed by atoms with Gasteiger partial charge in [-0.15, -0.1) is 0 Å². The summed E-state index contributed by atoms with van der Waals surface area (Å²) in [4.78, 5) is 18.2. The molecule has 0 unspecified atom stereocenters. The number of likely N-dealkylation sites (N-methyl/N-ethyl adjacent to an activating group) is 2. The molecule has 0 saturated heterocycles. The zero-order chi connectivity index (χ0) is 37.5. The van der Waals surface area contributed by atoms with Gasteiger partial charge >= 0.3 is 0 Å². The molecule has 280 valence electrons. The van der Waals surface area contributed by atoms with Crippen LogP contribution in [0.1, 0.15) is 55.8 Å². The predicted molar refractivity (Wildman–Crippen MR) is 204 cm³/mol. The van der Waals surface area contributed by atoms with Gasteiger partial charge in [-0.05, 0) is 110 Å². The molecule has 5 heterocycles. The Kier molecular flexibility index (Phi) is 9.59. The van der Waals surface area contributed by atoms with Gasteiger partial charge in [0, 0.05) is 42.5 Å². The largest absolute Gasteiger partial charge is 0.493 e. The van der Waals surface area contributed by atoms with Crippen LogP contribution in [-0.2, 0) is 25.7 Å². The van der Waals surface area contributed by atoms with Crippen LogP contribution in [0.5, 0.6) is 46.0 Å². The maximum Gasteiger partial charge on any atom is 0.258 e. The summed E-state index contributed by atoms with van der Waals surface area (Å²) in [5.74, 6) is 4.27. The summed E-state index contributed by atoms with van der Waals surface area (Å²) in [6.07, 6.45) is 5.83. The zero-order valence-corrected chi connectivity index (χ0v) is 31.5. The van der Waals surface area contributed by atoms with Crippen LogP contribution in [0.3, 0.4) is 0 Å². The number of benzene rings is 4. The van der Waals surface area contributed by atoms with Gasteiger partial charge in [0.1, 0.15) is 12.0 Å². The minimum Gasteiger partial charge on any atom is -0.493 e. The van der Waals surface area contributed by atoms with Crippen molar-refractivity contribution in [2.45, 2.75) is 37.8 Å². The van der Waals surface area contributed by atoms with E-state index in [0.717, 1.165) is 49.0 Å². The monoisotopic (exact) mass is 731 g/mol. The average Bonchev–Trinajstić information content (AvgIpc) is 3.73. The Hall–Kier alpha value is -5.65. The number of hydrogen-bond acceptors (Lipinski definition) is 10. The van der Waals surface area contributed by atoms with Crippen LogP contribution in [0, 0.1) is 0 Å². The first-order valence-electron chi connectivity index (χ1n) is 18.2. The molecule has 0 saturated carbocycles. The van der Waals surface area contributed by atoms with Gasteiger partial charge < -0.3 is 38.2 Å². The van der Waals surface area contributed by atoms with Crippen LogP contribution in [0.4, 0.5) is 5.69 Å². The van der Waals surface area contributed by atoms with Crippen molar-refractivity contribution in [3.05, 3.63) is 112 Å². The normalized spacial score (nSPS) is 18.0. The summed E-state index contributed by atoms with van der Waals surface area (Å²) in [6.45, 7) is 1.71. The fourth-order valence-corrected chi connectivity index (χ4v) is 8.05. The molecule has 2 atom stereocenters. The number of carbonyl (C=O) groups excluding carboxylic acids is 1. The van der Waals surface area contributed by atoms with Gasteiger partial charge in [0.15, 0.2) is 34.5 Å². The molecule has 0 fully saturated rings. The second-order valence-corrected chi connectivity index (χ2v) is 14.1. The smallest absolute Gasteiger partial charge is 0.258 e. The van der Waals surface area contributed by atoms with E-state index in [2.05, 4.69) is 59.5 Å². The van der Waals surface area contributed by atoms with E-state index in [1.165, 1.54) is 29.2 Å². The highest BCUT2D eigenvalue weighted by Gasteiger charge is 2.35. The number of carbonyl (C=O) groups is 1.